The molecule has 2 N–H and O–H groups in total. The van der Waals surface area contributed by atoms with Crippen LogP contribution in [-0.4, -0.2) is 36.5 Å². The summed E-state index contributed by atoms with van der Waals surface area (Å²) in [6.07, 6.45) is 4.22. The van der Waals surface area contributed by atoms with E-state index < -0.39 is 17.3 Å². The number of piperidine rings is 1. The summed E-state index contributed by atoms with van der Waals surface area (Å²) in [5.74, 6) is -0.525. The topological polar surface area (TPSA) is 61.4 Å². The van der Waals surface area contributed by atoms with Gasteiger partial charge in [0.05, 0.1) is 5.41 Å². The fourth-order valence-electron chi connectivity index (χ4n) is 4.64. The number of rotatable bonds is 5. The lowest BCUT2D eigenvalue weighted by Crippen LogP contribution is -2.54. The molecule has 7 heteroatoms. The Kier molecular flexibility index (Phi) is 6.20. The van der Waals surface area contributed by atoms with Gasteiger partial charge in [0, 0.05) is 25.3 Å². The van der Waals surface area contributed by atoms with Crippen molar-refractivity contribution in [1.29, 1.82) is 0 Å². The highest BCUT2D eigenvalue weighted by atomic mass is 19.1. The number of amides is 3. The van der Waals surface area contributed by atoms with Gasteiger partial charge in [-0.05, 0) is 67.5 Å². The van der Waals surface area contributed by atoms with Crippen LogP contribution in [0.2, 0.25) is 0 Å². The van der Waals surface area contributed by atoms with Crippen molar-refractivity contribution in [3.05, 3.63) is 65.7 Å². The average Bonchev–Trinajstić information content (AvgIpc) is 2.72. The van der Waals surface area contributed by atoms with Gasteiger partial charge in [-0.2, -0.15) is 0 Å². The van der Waals surface area contributed by atoms with Crippen LogP contribution in [0.1, 0.15) is 37.7 Å². The third-order valence-electron chi connectivity index (χ3n) is 6.43. The smallest absolute Gasteiger partial charge is 0.319 e. The van der Waals surface area contributed by atoms with Gasteiger partial charge in [-0.1, -0.05) is 24.6 Å². The number of nitrogens with zero attached hydrogens (tertiary/aromatic N) is 1. The first-order valence-corrected chi connectivity index (χ1v) is 10.8. The molecule has 31 heavy (non-hydrogen) atoms. The van der Waals surface area contributed by atoms with Crippen LogP contribution in [-0.2, 0) is 10.2 Å². The second-order valence-corrected chi connectivity index (χ2v) is 8.55. The lowest BCUT2D eigenvalue weighted by Gasteiger charge is -2.46. The van der Waals surface area contributed by atoms with Gasteiger partial charge in [0.25, 0.3) is 0 Å². The van der Waals surface area contributed by atoms with Crippen molar-refractivity contribution < 1.29 is 18.4 Å². The zero-order chi connectivity index (χ0) is 21.8. The Bertz CT molecular complexity index is 961. The summed E-state index contributed by atoms with van der Waals surface area (Å²) in [4.78, 5) is 27.5. The second-order valence-electron chi connectivity index (χ2n) is 8.55. The van der Waals surface area contributed by atoms with E-state index in [0.29, 0.717) is 25.3 Å². The van der Waals surface area contributed by atoms with E-state index in [-0.39, 0.29) is 17.6 Å². The van der Waals surface area contributed by atoms with Crippen LogP contribution in [0, 0.1) is 17.6 Å². The standard InChI is InChI=1S/C24H27F2N3O2/c25-19-7-1-6-18(13-19)24(10-4-11-24)22(30)29-12-3-5-17(16-29)15-27-23(31)28-21-9-2-8-20(26)14-21/h1-2,6-9,13-14,17H,3-5,10-12,15-16H2,(H2,27,28,31). The lowest BCUT2D eigenvalue weighted by atomic mass is 9.63. The molecule has 0 aromatic heterocycles. The summed E-state index contributed by atoms with van der Waals surface area (Å²) >= 11 is 0. The maximum Gasteiger partial charge on any atom is 0.319 e. The fraction of sp³-hybridized carbons (Fsp3) is 0.417. The number of carbonyl (C=O) groups excluding carboxylic acids is 2. The average molecular weight is 427 g/mol. The molecule has 0 bridgehead atoms. The van der Waals surface area contributed by atoms with Crippen molar-refractivity contribution in [2.75, 3.05) is 25.0 Å². The summed E-state index contributed by atoms with van der Waals surface area (Å²) in [6.45, 7) is 1.68. The molecule has 1 atom stereocenters. The number of hydrogen-bond acceptors (Lipinski definition) is 2. The number of halogens is 2. The Morgan fingerprint density at radius 1 is 1.03 bits per heavy atom. The number of likely N-dealkylation sites (tertiary alicyclic amines) is 1. The molecular weight excluding hydrogens is 400 g/mol. The summed E-state index contributed by atoms with van der Waals surface area (Å²) < 4.78 is 27.0. The van der Waals surface area contributed by atoms with E-state index in [4.69, 9.17) is 0 Å². The molecule has 2 aromatic rings. The van der Waals surface area contributed by atoms with Crippen LogP contribution >= 0.6 is 0 Å². The van der Waals surface area contributed by atoms with Gasteiger partial charge in [0.2, 0.25) is 5.91 Å². The van der Waals surface area contributed by atoms with E-state index >= 15 is 0 Å². The van der Waals surface area contributed by atoms with Crippen molar-refractivity contribution in [2.45, 2.75) is 37.5 Å². The molecule has 1 saturated heterocycles. The van der Waals surface area contributed by atoms with Crippen molar-refractivity contribution in [3.8, 4) is 0 Å². The first kappa shape index (κ1) is 21.3. The highest BCUT2D eigenvalue weighted by Gasteiger charge is 2.48. The Labute approximate surface area is 180 Å². The highest BCUT2D eigenvalue weighted by Crippen LogP contribution is 2.45. The minimum Gasteiger partial charge on any atom is -0.342 e. The van der Waals surface area contributed by atoms with Crippen molar-refractivity contribution in [1.82, 2.24) is 10.2 Å². The van der Waals surface area contributed by atoms with Crippen LogP contribution in [0.5, 0.6) is 0 Å². The zero-order valence-electron chi connectivity index (χ0n) is 17.4. The first-order chi connectivity index (χ1) is 15.0. The van der Waals surface area contributed by atoms with Gasteiger partial charge in [-0.3, -0.25) is 4.79 Å². The predicted octanol–water partition coefficient (Wildman–Crippen LogP) is 4.45. The molecule has 4 rings (SSSR count). The van der Waals surface area contributed by atoms with E-state index in [1.807, 2.05) is 11.0 Å². The SMILES string of the molecule is O=C(NCC1CCCN(C(=O)C2(c3cccc(F)c3)CCC2)C1)Nc1cccc(F)c1. The Hall–Kier alpha value is -2.96. The van der Waals surface area contributed by atoms with Gasteiger partial charge in [0.15, 0.2) is 0 Å². The molecule has 1 saturated carbocycles. The second kappa shape index (κ2) is 9.04. The molecule has 1 unspecified atom stereocenters. The van der Waals surface area contributed by atoms with Crippen molar-refractivity contribution in [3.63, 3.8) is 0 Å². The molecule has 5 nitrogen and oxygen atoms in total. The molecule has 0 radical (unpaired) electrons. The Balaban J connectivity index is 1.35. The minimum atomic E-state index is -0.619. The monoisotopic (exact) mass is 427 g/mol. The van der Waals surface area contributed by atoms with Crippen LogP contribution in [0.4, 0.5) is 19.3 Å². The van der Waals surface area contributed by atoms with Crippen LogP contribution in [0.15, 0.2) is 48.5 Å². The van der Waals surface area contributed by atoms with Crippen LogP contribution in [0.3, 0.4) is 0 Å². The third-order valence-corrected chi connectivity index (χ3v) is 6.43. The third kappa shape index (κ3) is 4.70. The number of nitrogens with one attached hydrogen (secondary N) is 2. The van der Waals surface area contributed by atoms with E-state index in [0.717, 1.165) is 37.7 Å². The van der Waals surface area contributed by atoms with Crippen LogP contribution in [0.25, 0.3) is 0 Å². The molecule has 164 valence electrons. The molecule has 2 fully saturated rings. The van der Waals surface area contributed by atoms with E-state index in [1.54, 1.807) is 12.1 Å². The maximum atomic E-state index is 13.8. The Morgan fingerprint density at radius 2 is 1.77 bits per heavy atom. The summed E-state index contributed by atoms with van der Waals surface area (Å²) in [7, 11) is 0. The van der Waals surface area contributed by atoms with Crippen molar-refractivity contribution >= 4 is 17.6 Å². The largest absolute Gasteiger partial charge is 0.342 e. The van der Waals surface area contributed by atoms with E-state index in [1.165, 1.54) is 30.3 Å². The molecule has 3 amide bonds. The number of carbonyl (C=O) groups is 2. The summed E-state index contributed by atoms with van der Waals surface area (Å²) in [5.41, 5.74) is 0.532. The molecular formula is C24H27F2N3O2. The molecule has 1 aliphatic carbocycles. The summed E-state index contributed by atoms with van der Waals surface area (Å²) in [5, 5.41) is 5.45. The molecule has 1 heterocycles. The Morgan fingerprint density at radius 3 is 2.45 bits per heavy atom. The summed E-state index contributed by atoms with van der Waals surface area (Å²) in [6, 6.07) is 11.7. The van der Waals surface area contributed by atoms with E-state index in [2.05, 4.69) is 10.6 Å². The number of anilines is 1. The number of hydrogen-bond donors (Lipinski definition) is 2. The molecule has 1 aliphatic heterocycles. The quantitative estimate of drug-likeness (QED) is 0.741. The lowest BCUT2D eigenvalue weighted by molar-refractivity contribution is -0.142. The molecule has 2 aromatic carbocycles. The number of urea groups is 1. The van der Waals surface area contributed by atoms with Gasteiger partial charge in [-0.15, -0.1) is 0 Å². The predicted molar refractivity (Wildman–Crippen MR) is 115 cm³/mol. The maximum absolute atomic E-state index is 13.8. The van der Waals surface area contributed by atoms with Gasteiger partial charge >= 0.3 is 6.03 Å². The van der Waals surface area contributed by atoms with Gasteiger partial charge in [-0.25, -0.2) is 13.6 Å². The van der Waals surface area contributed by atoms with Crippen LogP contribution < -0.4 is 10.6 Å². The number of benzene rings is 2. The minimum absolute atomic E-state index is 0.0678. The van der Waals surface area contributed by atoms with E-state index in [9.17, 15) is 18.4 Å². The zero-order valence-corrected chi connectivity index (χ0v) is 17.4. The van der Waals surface area contributed by atoms with Crippen molar-refractivity contribution in [2.24, 2.45) is 5.92 Å². The molecule has 2 aliphatic rings. The first-order valence-electron chi connectivity index (χ1n) is 10.8. The normalized spacial score (nSPS) is 19.9. The van der Waals surface area contributed by atoms with Gasteiger partial charge in [0.1, 0.15) is 11.6 Å². The fourth-order valence-corrected chi connectivity index (χ4v) is 4.64. The van der Waals surface area contributed by atoms with Gasteiger partial charge < -0.3 is 15.5 Å². The molecule has 0 spiro atoms. The highest BCUT2D eigenvalue weighted by molar-refractivity contribution is 5.90.